The van der Waals surface area contributed by atoms with Crippen LogP contribution in [0.25, 0.3) is 0 Å². The molecule has 0 aromatic carbocycles. The van der Waals surface area contributed by atoms with Gasteiger partial charge in [-0.05, 0) is 36.7 Å². The van der Waals surface area contributed by atoms with Crippen LogP contribution >= 0.6 is 0 Å². The zero-order valence-electron chi connectivity index (χ0n) is 10.9. The van der Waals surface area contributed by atoms with Crippen molar-refractivity contribution in [2.45, 2.75) is 46.5 Å². The molecule has 0 N–H and O–H groups in total. The van der Waals surface area contributed by atoms with E-state index in [1.165, 1.54) is 18.4 Å². The number of carbonyl (C=O) groups excluding carboxylic acids is 1. The van der Waals surface area contributed by atoms with E-state index in [9.17, 15) is 4.79 Å². The molecule has 0 aliphatic heterocycles. The number of hydrogen-bond acceptors (Lipinski definition) is 2. The van der Waals surface area contributed by atoms with E-state index in [4.69, 9.17) is 4.42 Å². The minimum Gasteiger partial charge on any atom is -0.461 e. The van der Waals surface area contributed by atoms with E-state index in [0.29, 0.717) is 11.7 Å². The van der Waals surface area contributed by atoms with Crippen molar-refractivity contribution in [2.24, 2.45) is 17.3 Å². The van der Waals surface area contributed by atoms with Gasteiger partial charge in [0, 0.05) is 11.5 Å². The smallest absolute Gasteiger partial charge is 0.201 e. The lowest BCUT2D eigenvalue weighted by atomic mass is 9.55. The first-order chi connectivity index (χ1) is 8.04. The standard InChI is InChI=1S/C15H20O2/c1-9-8-17-14-11(9)7-15(3)10(2)5-4-6-12(15)13(14)16/h8,10,12H,4-7H2,1-3H3/t10-,12-,15-/m1/s1. The van der Waals surface area contributed by atoms with Gasteiger partial charge in [0.25, 0.3) is 0 Å². The van der Waals surface area contributed by atoms with Crippen molar-refractivity contribution < 1.29 is 9.21 Å². The summed E-state index contributed by atoms with van der Waals surface area (Å²) in [5.41, 5.74) is 2.46. The summed E-state index contributed by atoms with van der Waals surface area (Å²) in [4.78, 5) is 12.5. The molecule has 2 heteroatoms. The summed E-state index contributed by atoms with van der Waals surface area (Å²) in [6, 6.07) is 0. The molecule has 1 heterocycles. The van der Waals surface area contributed by atoms with E-state index in [-0.39, 0.29) is 17.1 Å². The predicted octanol–water partition coefficient (Wildman–Crippen LogP) is 3.77. The molecule has 2 aliphatic rings. The molecular formula is C15H20O2. The highest BCUT2D eigenvalue weighted by Gasteiger charge is 2.50. The number of hydrogen-bond donors (Lipinski definition) is 0. The minimum absolute atomic E-state index is 0.150. The number of fused-ring (bicyclic) bond motifs is 2. The molecule has 0 amide bonds. The molecule has 1 saturated carbocycles. The first-order valence-electron chi connectivity index (χ1n) is 6.65. The molecule has 1 fully saturated rings. The number of furan rings is 1. The minimum atomic E-state index is 0.150. The average Bonchev–Trinajstić information content (AvgIpc) is 2.64. The highest BCUT2D eigenvalue weighted by atomic mass is 16.3. The van der Waals surface area contributed by atoms with Gasteiger partial charge in [0.1, 0.15) is 0 Å². The number of rotatable bonds is 0. The molecule has 0 unspecified atom stereocenters. The molecule has 0 saturated heterocycles. The number of ketones is 1. The highest BCUT2D eigenvalue weighted by molar-refractivity contribution is 5.98. The molecule has 0 spiro atoms. The van der Waals surface area contributed by atoms with Crippen molar-refractivity contribution in [2.75, 3.05) is 0 Å². The normalized spacial score (nSPS) is 36.5. The average molecular weight is 232 g/mol. The van der Waals surface area contributed by atoms with E-state index >= 15 is 0 Å². The van der Waals surface area contributed by atoms with Gasteiger partial charge in [-0.15, -0.1) is 0 Å². The Bertz CT molecular complexity index is 471. The van der Waals surface area contributed by atoms with E-state index in [2.05, 4.69) is 13.8 Å². The Morgan fingerprint density at radius 3 is 2.94 bits per heavy atom. The fraction of sp³-hybridized carbons (Fsp3) is 0.667. The molecule has 3 rings (SSSR count). The van der Waals surface area contributed by atoms with E-state index in [1.807, 2.05) is 6.92 Å². The topological polar surface area (TPSA) is 30.2 Å². The van der Waals surface area contributed by atoms with Gasteiger partial charge in [-0.1, -0.05) is 26.7 Å². The van der Waals surface area contributed by atoms with Gasteiger partial charge >= 0.3 is 0 Å². The first-order valence-corrected chi connectivity index (χ1v) is 6.65. The van der Waals surface area contributed by atoms with Crippen LogP contribution in [-0.2, 0) is 6.42 Å². The summed E-state index contributed by atoms with van der Waals surface area (Å²) in [6.45, 7) is 6.65. The van der Waals surface area contributed by atoms with Gasteiger partial charge in [0.2, 0.25) is 5.78 Å². The van der Waals surface area contributed by atoms with Crippen LogP contribution in [0.1, 0.15) is 54.8 Å². The van der Waals surface area contributed by atoms with Gasteiger partial charge in [0.15, 0.2) is 5.76 Å². The summed E-state index contributed by atoms with van der Waals surface area (Å²) in [5.74, 6) is 1.73. The van der Waals surface area contributed by atoms with Crippen LogP contribution < -0.4 is 0 Å². The van der Waals surface area contributed by atoms with Crippen LogP contribution in [0, 0.1) is 24.2 Å². The Hall–Kier alpha value is -1.05. The Morgan fingerprint density at radius 2 is 2.18 bits per heavy atom. The van der Waals surface area contributed by atoms with Crippen molar-refractivity contribution in [3.05, 3.63) is 23.2 Å². The molecule has 17 heavy (non-hydrogen) atoms. The van der Waals surface area contributed by atoms with Gasteiger partial charge in [0.05, 0.1) is 6.26 Å². The van der Waals surface area contributed by atoms with E-state index in [0.717, 1.165) is 18.4 Å². The fourth-order valence-electron chi connectivity index (χ4n) is 3.79. The zero-order valence-corrected chi connectivity index (χ0v) is 10.9. The van der Waals surface area contributed by atoms with Gasteiger partial charge < -0.3 is 4.42 Å². The second kappa shape index (κ2) is 3.47. The van der Waals surface area contributed by atoms with Crippen molar-refractivity contribution in [1.82, 2.24) is 0 Å². The van der Waals surface area contributed by atoms with E-state index in [1.54, 1.807) is 6.26 Å². The maximum absolute atomic E-state index is 12.5. The van der Waals surface area contributed by atoms with Crippen LogP contribution in [0.3, 0.4) is 0 Å². The van der Waals surface area contributed by atoms with Crippen molar-refractivity contribution >= 4 is 5.78 Å². The number of Topliss-reactive ketones (excluding diaryl/α,β-unsaturated/α-hetero) is 1. The highest BCUT2D eigenvalue weighted by Crippen LogP contribution is 2.52. The second-order valence-corrected chi connectivity index (χ2v) is 6.16. The maximum atomic E-state index is 12.5. The molecular weight excluding hydrogens is 212 g/mol. The van der Waals surface area contributed by atoms with Gasteiger partial charge in [-0.25, -0.2) is 0 Å². The predicted molar refractivity (Wildman–Crippen MR) is 66.1 cm³/mol. The maximum Gasteiger partial charge on any atom is 0.201 e. The lowest BCUT2D eigenvalue weighted by Crippen LogP contribution is -2.46. The lowest BCUT2D eigenvalue weighted by molar-refractivity contribution is 0.0317. The van der Waals surface area contributed by atoms with Crippen LogP contribution in [0.5, 0.6) is 0 Å². The quantitative estimate of drug-likeness (QED) is 0.681. The van der Waals surface area contributed by atoms with Gasteiger partial charge in [-0.2, -0.15) is 0 Å². The van der Waals surface area contributed by atoms with Crippen molar-refractivity contribution in [1.29, 1.82) is 0 Å². The molecule has 3 atom stereocenters. The molecule has 92 valence electrons. The third-order valence-corrected chi connectivity index (χ3v) is 5.25. The Labute approximate surface area is 102 Å². The Kier molecular flexibility index (Phi) is 2.26. The molecule has 1 aromatic heterocycles. The van der Waals surface area contributed by atoms with Crippen LogP contribution in [-0.4, -0.2) is 5.78 Å². The largest absolute Gasteiger partial charge is 0.461 e. The molecule has 2 nitrogen and oxygen atoms in total. The summed E-state index contributed by atoms with van der Waals surface area (Å²) < 4.78 is 5.48. The summed E-state index contributed by atoms with van der Waals surface area (Å²) in [7, 11) is 0. The third-order valence-electron chi connectivity index (χ3n) is 5.25. The monoisotopic (exact) mass is 232 g/mol. The molecule has 0 bridgehead atoms. The summed E-state index contributed by atoms with van der Waals surface area (Å²) >= 11 is 0. The second-order valence-electron chi connectivity index (χ2n) is 6.16. The molecule has 0 radical (unpaired) electrons. The number of aryl methyl sites for hydroxylation is 1. The van der Waals surface area contributed by atoms with Gasteiger partial charge in [-0.3, -0.25) is 4.79 Å². The Morgan fingerprint density at radius 1 is 1.41 bits per heavy atom. The molecule has 1 aromatic rings. The lowest BCUT2D eigenvalue weighted by Gasteiger charge is -2.47. The fourth-order valence-corrected chi connectivity index (χ4v) is 3.79. The van der Waals surface area contributed by atoms with Crippen LogP contribution in [0.4, 0.5) is 0 Å². The van der Waals surface area contributed by atoms with Crippen LogP contribution in [0.2, 0.25) is 0 Å². The summed E-state index contributed by atoms with van der Waals surface area (Å²) in [6.07, 6.45) is 6.24. The first kappa shape index (κ1) is 11.1. The Balaban J connectivity index is 2.12. The summed E-state index contributed by atoms with van der Waals surface area (Å²) in [5, 5.41) is 0. The van der Waals surface area contributed by atoms with Crippen molar-refractivity contribution in [3.8, 4) is 0 Å². The van der Waals surface area contributed by atoms with Crippen LogP contribution in [0.15, 0.2) is 10.7 Å². The zero-order chi connectivity index (χ0) is 12.2. The van der Waals surface area contributed by atoms with Crippen molar-refractivity contribution in [3.63, 3.8) is 0 Å². The molecule has 2 aliphatic carbocycles. The van der Waals surface area contributed by atoms with E-state index < -0.39 is 0 Å². The SMILES string of the molecule is Cc1coc2c1C[C@]1(C)[C@H](C)CCC[C@@H]1C2=O. The number of carbonyl (C=O) groups is 1. The third kappa shape index (κ3) is 1.36.